The van der Waals surface area contributed by atoms with Crippen molar-refractivity contribution in [3.05, 3.63) is 34.3 Å². The zero-order valence-electron chi connectivity index (χ0n) is 6.84. The Morgan fingerprint density at radius 3 is 2.92 bits per heavy atom. The van der Waals surface area contributed by atoms with E-state index in [2.05, 4.69) is 16.8 Å². The van der Waals surface area contributed by atoms with Gasteiger partial charge in [0.2, 0.25) is 0 Å². The van der Waals surface area contributed by atoms with Gasteiger partial charge in [-0.3, -0.25) is 0 Å². The number of aromatic nitrogens is 1. The Labute approximate surface area is 77.0 Å². The highest BCUT2D eigenvalue weighted by molar-refractivity contribution is 6.30. The molecule has 0 atom stereocenters. The van der Waals surface area contributed by atoms with Crippen LogP contribution >= 0.6 is 11.6 Å². The minimum absolute atomic E-state index is 0.381. The minimum Gasteiger partial charge on any atom is -0.361 e. The van der Waals surface area contributed by atoms with Crippen LogP contribution in [0.5, 0.6) is 0 Å². The van der Waals surface area contributed by atoms with Gasteiger partial charge < -0.3 is 4.85 Å². The summed E-state index contributed by atoms with van der Waals surface area (Å²) in [6.45, 7) is 8.84. The number of pyridine rings is 1. The molecule has 0 radical (unpaired) electrons. The molecule has 2 nitrogen and oxygen atoms in total. The van der Waals surface area contributed by atoms with Crippen molar-refractivity contribution in [3.8, 4) is 0 Å². The number of aryl methyl sites for hydroxylation is 1. The summed E-state index contributed by atoms with van der Waals surface area (Å²) in [6, 6.07) is 3.38. The Morgan fingerprint density at radius 1 is 1.58 bits per heavy atom. The van der Waals surface area contributed by atoms with E-state index in [0.717, 1.165) is 18.5 Å². The average molecular weight is 181 g/mol. The summed E-state index contributed by atoms with van der Waals surface area (Å²) in [5, 5.41) is 0.597. The van der Waals surface area contributed by atoms with Gasteiger partial charge in [0.15, 0.2) is 0 Å². The molecule has 12 heavy (non-hydrogen) atoms. The molecule has 0 saturated carbocycles. The van der Waals surface area contributed by atoms with Gasteiger partial charge in [-0.1, -0.05) is 25.1 Å². The van der Waals surface area contributed by atoms with Crippen LogP contribution in [0, 0.1) is 6.57 Å². The maximum atomic E-state index is 6.77. The molecular formula is C9H9ClN2. The highest BCUT2D eigenvalue weighted by Crippen LogP contribution is 2.18. The molecule has 0 spiro atoms. The molecule has 1 aromatic rings. The molecule has 1 heterocycles. The van der Waals surface area contributed by atoms with E-state index in [4.69, 9.17) is 18.2 Å². The predicted octanol–water partition coefficient (Wildman–Crippen LogP) is 3.24. The summed E-state index contributed by atoms with van der Waals surface area (Å²) < 4.78 is 0. The molecule has 1 aromatic heterocycles. The molecule has 0 fully saturated rings. The fourth-order valence-electron chi connectivity index (χ4n) is 0.977. The van der Waals surface area contributed by atoms with Crippen LogP contribution in [-0.2, 0) is 6.42 Å². The SMILES string of the molecule is [C-]#[N+]c1cc(Cl)cc(CCC)n1. The van der Waals surface area contributed by atoms with E-state index in [9.17, 15) is 0 Å². The molecule has 1 rings (SSSR count). The first-order valence-electron chi connectivity index (χ1n) is 3.80. The third kappa shape index (κ3) is 2.21. The van der Waals surface area contributed by atoms with Crippen molar-refractivity contribution in [2.45, 2.75) is 19.8 Å². The zero-order chi connectivity index (χ0) is 8.97. The Bertz CT molecular complexity index is 315. The van der Waals surface area contributed by atoms with Gasteiger partial charge in [-0.2, -0.15) is 0 Å². The van der Waals surface area contributed by atoms with Gasteiger partial charge in [0, 0.05) is 17.5 Å². The molecule has 0 aliphatic heterocycles. The highest BCUT2D eigenvalue weighted by Gasteiger charge is 2.02. The molecule has 0 aliphatic rings. The molecule has 0 saturated heterocycles. The molecule has 0 bridgehead atoms. The summed E-state index contributed by atoms with van der Waals surface area (Å²) in [5.74, 6) is 0.381. The topological polar surface area (TPSA) is 17.2 Å². The lowest BCUT2D eigenvalue weighted by Crippen LogP contribution is -1.87. The Morgan fingerprint density at radius 2 is 2.33 bits per heavy atom. The van der Waals surface area contributed by atoms with Gasteiger partial charge in [-0.25, -0.2) is 0 Å². The normalized spacial score (nSPS) is 9.42. The monoisotopic (exact) mass is 180 g/mol. The van der Waals surface area contributed by atoms with Crippen LogP contribution in [-0.4, -0.2) is 4.98 Å². The molecular weight excluding hydrogens is 172 g/mol. The van der Waals surface area contributed by atoms with E-state index >= 15 is 0 Å². The van der Waals surface area contributed by atoms with Gasteiger partial charge in [0.1, 0.15) is 5.69 Å². The standard InChI is InChI=1S/C9H9ClN2/c1-3-4-8-5-7(10)6-9(11-2)12-8/h5-6H,3-4H2,1H3. The lowest BCUT2D eigenvalue weighted by atomic mass is 10.2. The van der Waals surface area contributed by atoms with Crippen molar-refractivity contribution in [2.24, 2.45) is 0 Å². The van der Waals surface area contributed by atoms with Crippen LogP contribution in [0.15, 0.2) is 12.1 Å². The van der Waals surface area contributed by atoms with Crippen molar-refractivity contribution in [3.63, 3.8) is 0 Å². The van der Waals surface area contributed by atoms with E-state index in [1.807, 2.05) is 0 Å². The Hall–Kier alpha value is -1.07. The molecule has 62 valence electrons. The second-order valence-electron chi connectivity index (χ2n) is 2.50. The van der Waals surface area contributed by atoms with Crippen LogP contribution in [0.1, 0.15) is 19.0 Å². The number of nitrogens with zero attached hydrogens (tertiary/aromatic N) is 2. The average Bonchev–Trinajstić information content (AvgIpc) is 2.04. The predicted molar refractivity (Wildman–Crippen MR) is 49.5 cm³/mol. The van der Waals surface area contributed by atoms with Gasteiger partial charge in [-0.05, 0) is 12.5 Å². The van der Waals surface area contributed by atoms with Crippen molar-refractivity contribution >= 4 is 17.4 Å². The lowest BCUT2D eigenvalue weighted by Gasteiger charge is -1.95. The highest BCUT2D eigenvalue weighted by atomic mass is 35.5. The molecule has 0 aromatic carbocycles. The molecule has 3 heteroatoms. The molecule has 0 N–H and O–H groups in total. The van der Waals surface area contributed by atoms with E-state index in [1.165, 1.54) is 0 Å². The summed E-state index contributed by atoms with van der Waals surface area (Å²) in [4.78, 5) is 7.33. The van der Waals surface area contributed by atoms with Crippen LogP contribution in [0.25, 0.3) is 4.85 Å². The van der Waals surface area contributed by atoms with E-state index in [1.54, 1.807) is 12.1 Å². The second-order valence-corrected chi connectivity index (χ2v) is 2.93. The zero-order valence-corrected chi connectivity index (χ0v) is 7.60. The lowest BCUT2D eigenvalue weighted by molar-refractivity contribution is 0.886. The van der Waals surface area contributed by atoms with Crippen molar-refractivity contribution in [1.82, 2.24) is 4.98 Å². The quantitative estimate of drug-likeness (QED) is 0.639. The maximum absolute atomic E-state index is 6.77. The van der Waals surface area contributed by atoms with Crippen LogP contribution in [0.4, 0.5) is 5.82 Å². The number of rotatable bonds is 2. The molecule has 0 aliphatic carbocycles. The number of halogens is 1. The van der Waals surface area contributed by atoms with Crippen molar-refractivity contribution in [2.75, 3.05) is 0 Å². The van der Waals surface area contributed by atoms with Crippen LogP contribution in [0.3, 0.4) is 0 Å². The third-order valence-corrected chi connectivity index (χ3v) is 1.67. The first kappa shape index (κ1) is 9.02. The van der Waals surface area contributed by atoms with Gasteiger partial charge in [0.25, 0.3) is 5.82 Å². The maximum Gasteiger partial charge on any atom is 0.271 e. The summed E-state index contributed by atoms with van der Waals surface area (Å²) in [7, 11) is 0. The third-order valence-electron chi connectivity index (χ3n) is 1.45. The second kappa shape index (κ2) is 4.08. The van der Waals surface area contributed by atoms with Crippen LogP contribution in [0.2, 0.25) is 5.02 Å². The minimum atomic E-state index is 0.381. The molecule has 0 unspecified atom stereocenters. The largest absolute Gasteiger partial charge is 0.361 e. The fourth-order valence-corrected chi connectivity index (χ4v) is 1.20. The molecule has 0 amide bonds. The Balaban J connectivity index is 3.00. The van der Waals surface area contributed by atoms with Gasteiger partial charge in [0.05, 0.1) is 0 Å². The van der Waals surface area contributed by atoms with E-state index < -0.39 is 0 Å². The summed E-state index contributed by atoms with van der Waals surface area (Å²) >= 11 is 5.78. The van der Waals surface area contributed by atoms with E-state index in [-0.39, 0.29) is 0 Å². The smallest absolute Gasteiger partial charge is 0.271 e. The fraction of sp³-hybridized carbons (Fsp3) is 0.333. The first-order chi connectivity index (χ1) is 5.76. The summed E-state index contributed by atoms with van der Waals surface area (Å²) in [6.07, 6.45) is 1.90. The number of hydrogen-bond donors (Lipinski definition) is 0. The van der Waals surface area contributed by atoms with Crippen LogP contribution < -0.4 is 0 Å². The van der Waals surface area contributed by atoms with Gasteiger partial charge in [-0.15, -0.1) is 4.98 Å². The van der Waals surface area contributed by atoms with Gasteiger partial charge >= 0.3 is 0 Å². The van der Waals surface area contributed by atoms with Crippen molar-refractivity contribution < 1.29 is 0 Å². The Kier molecular flexibility index (Phi) is 3.07. The van der Waals surface area contributed by atoms with E-state index in [0.29, 0.717) is 10.8 Å². The summed E-state index contributed by atoms with van der Waals surface area (Å²) in [5.41, 5.74) is 0.899. The number of hydrogen-bond acceptors (Lipinski definition) is 1. The van der Waals surface area contributed by atoms with Crippen molar-refractivity contribution in [1.29, 1.82) is 0 Å². The first-order valence-corrected chi connectivity index (χ1v) is 4.18.